The normalized spacial score (nSPS) is 15.0. The molecule has 0 bridgehead atoms. The number of carbonyl (C=O) groups excluding carboxylic acids is 2. The van der Waals surface area contributed by atoms with Crippen LogP contribution in [0.1, 0.15) is 10.6 Å². The van der Waals surface area contributed by atoms with E-state index >= 15 is 0 Å². The van der Waals surface area contributed by atoms with Gasteiger partial charge in [0.2, 0.25) is 5.91 Å². The Bertz CT molecular complexity index is 959. The number of rotatable bonds is 4. The van der Waals surface area contributed by atoms with Gasteiger partial charge >= 0.3 is 0 Å². The van der Waals surface area contributed by atoms with Crippen molar-refractivity contribution in [2.24, 2.45) is 0 Å². The number of amides is 2. The molecule has 28 heavy (non-hydrogen) atoms. The lowest BCUT2D eigenvalue weighted by Gasteiger charge is -2.33. The summed E-state index contributed by atoms with van der Waals surface area (Å²) in [6.45, 7) is 2.68. The van der Waals surface area contributed by atoms with E-state index in [2.05, 4.69) is 5.32 Å². The molecule has 1 aliphatic heterocycles. The first-order valence-electron chi connectivity index (χ1n) is 9.14. The van der Waals surface area contributed by atoms with Crippen molar-refractivity contribution in [3.05, 3.63) is 65.4 Å². The Morgan fingerprint density at radius 3 is 2.43 bits per heavy atom. The average Bonchev–Trinajstić information content (AvgIpc) is 3.14. The number of benzene rings is 2. The van der Waals surface area contributed by atoms with Gasteiger partial charge in [-0.2, -0.15) is 0 Å². The summed E-state index contributed by atoms with van der Waals surface area (Å²) in [7, 11) is 0. The fourth-order valence-corrected chi connectivity index (χ4v) is 3.42. The Hall–Kier alpha value is -2.83. The topological polar surface area (TPSA) is 65.8 Å². The molecule has 4 rings (SSSR count). The average molecular weight is 398 g/mol. The predicted molar refractivity (Wildman–Crippen MR) is 109 cm³/mol. The van der Waals surface area contributed by atoms with E-state index in [1.54, 1.807) is 35.2 Å². The number of anilines is 1. The number of carbonyl (C=O) groups is 2. The van der Waals surface area contributed by atoms with Gasteiger partial charge in [0.25, 0.3) is 5.91 Å². The van der Waals surface area contributed by atoms with Crippen molar-refractivity contribution in [1.82, 2.24) is 9.80 Å². The molecule has 1 N–H and O–H groups in total. The first-order chi connectivity index (χ1) is 13.6. The van der Waals surface area contributed by atoms with E-state index in [4.69, 9.17) is 16.0 Å². The lowest BCUT2D eigenvalue weighted by Crippen LogP contribution is -2.50. The van der Waals surface area contributed by atoms with Crippen LogP contribution in [0.15, 0.2) is 59.0 Å². The predicted octanol–water partition coefficient (Wildman–Crippen LogP) is 3.48. The molecular formula is C21H20ClN3O3. The molecule has 2 amide bonds. The highest BCUT2D eigenvalue weighted by atomic mass is 35.5. The van der Waals surface area contributed by atoms with E-state index in [1.165, 1.54) is 0 Å². The second-order valence-electron chi connectivity index (χ2n) is 6.77. The van der Waals surface area contributed by atoms with Crippen LogP contribution >= 0.6 is 11.6 Å². The summed E-state index contributed by atoms with van der Waals surface area (Å²) in [4.78, 5) is 28.7. The standard InChI is InChI=1S/C21H20ClN3O3/c22-16-5-7-17(8-6-16)23-20(26)14-24-9-11-25(12-10-24)21(27)19-13-15-3-1-2-4-18(15)28-19/h1-8,13H,9-12,14H2,(H,23,26). The highest BCUT2D eigenvalue weighted by Crippen LogP contribution is 2.20. The number of nitrogens with zero attached hydrogens (tertiary/aromatic N) is 2. The van der Waals surface area contributed by atoms with Crippen molar-refractivity contribution < 1.29 is 14.0 Å². The van der Waals surface area contributed by atoms with Gasteiger partial charge in [-0.25, -0.2) is 0 Å². The molecular weight excluding hydrogens is 378 g/mol. The second kappa shape index (κ2) is 8.04. The van der Waals surface area contributed by atoms with E-state index in [0.717, 1.165) is 5.39 Å². The van der Waals surface area contributed by atoms with E-state index in [0.29, 0.717) is 48.2 Å². The number of halogens is 1. The Morgan fingerprint density at radius 1 is 1.00 bits per heavy atom. The summed E-state index contributed by atoms with van der Waals surface area (Å²) < 4.78 is 5.67. The number of hydrogen-bond acceptors (Lipinski definition) is 4. The number of hydrogen-bond donors (Lipinski definition) is 1. The molecule has 144 valence electrons. The monoisotopic (exact) mass is 397 g/mol. The SMILES string of the molecule is O=C(CN1CCN(C(=O)c2cc3ccccc3o2)CC1)Nc1ccc(Cl)cc1. The van der Waals surface area contributed by atoms with E-state index in [1.807, 2.05) is 29.2 Å². The van der Waals surface area contributed by atoms with Gasteiger partial charge in [0.15, 0.2) is 5.76 Å². The van der Waals surface area contributed by atoms with E-state index < -0.39 is 0 Å². The maximum atomic E-state index is 12.7. The lowest BCUT2D eigenvalue weighted by atomic mass is 10.2. The van der Waals surface area contributed by atoms with Crippen molar-refractivity contribution in [2.45, 2.75) is 0 Å². The third kappa shape index (κ3) is 4.18. The zero-order chi connectivity index (χ0) is 19.5. The van der Waals surface area contributed by atoms with Gasteiger partial charge in [-0.05, 0) is 36.4 Å². The molecule has 0 aliphatic carbocycles. The van der Waals surface area contributed by atoms with Crippen molar-refractivity contribution in [1.29, 1.82) is 0 Å². The molecule has 1 aromatic heterocycles. The van der Waals surface area contributed by atoms with Gasteiger partial charge in [-0.3, -0.25) is 14.5 Å². The van der Waals surface area contributed by atoms with Crippen LogP contribution in [-0.2, 0) is 4.79 Å². The largest absolute Gasteiger partial charge is 0.451 e. The smallest absolute Gasteiger partial charge is 0.289 e. The number of furan rings is 1. The van der Waals surface area contributed by atoms with Crippen LogP contribution in [-0.4, -0.2) is 54.3 Å². The maximum Gasteiger partial charge on any atom is 0.289 e. The van der Waals surface area contributed by atoms with Gasteiger partial charge in [0.05, 0.1) is 6.54 Å². The van der Waals surface area contributed by atoms with Crippen LogP contribution in [0.25, 0.3) is 11.0 Å². The quantitative estimate of drug-likeness (QED) is 0.732. The van der Waals surface area contributed by atoms with Crippen molar-refractivity contribution in [3.63, 3.8) is 0 Å². The summed E-state index contributed by atoms with van der Waals surface area (Å²) in [5, 5.41) is 4.40. The number of piperazine rings is 1. The molecule has 7 heteroatoms. The van der Waals surface area contributed by atoms with Crippen molar-refractivity contribution >= 4 is 40.1 Å². The second-order valence-corrected chi connectivity index (χ2v) is 7.21. The Balaban J connectivity index is 1.29. The highest BCUT2D eigenvalue weighted by Gasteiger charge is 2.25. The molecule has 2 aromatic carbocycles. The number of para-hydroxylation sites is 1. The Kier molecular flexibility index (Phi) is 5.32. The molecule has 2 heterocycles. The minimum Gasteiger partial charge on any atom is -0.451 e. The molecule has 0 unspecified atom stereocenters. The number of fused-ring (bicyclic) bond motifs is 1. The van der Waals surface area contributed by atoms with E-state index in [-0.39, 0.29) is 18.4 Å². The van der Waals surface area contributed by atoms with Crippen LogP contribution in [0.3, 0.4) is 0 Å². The molecule has 1 fully saturated rings. The number of nitrogens with one attached hydrogen (secondary N) is 1. The third-order valence-corrected chi connectivity index (χ3v) is 5.04. The van der Waals surface area contributed by atoms with Gasteiger partial charge in [-0.15, -0.1) is 0 Å². The summed E-state index contributed by atoms with van der Waals surface area (Å²) in [6, 6.07) is 16.4. The minimum absolute atomic E-state index is 0.0839. The van der Waals surface area contributed by atoms with Crippen LogP contribution in [0.2, 0.25) is 5.02 Å². The maximum absolute atomic E-state index is 12.7. The molecule has 0 atom stereocenters. The Labute approximate surface area is 167 Å². The van der Waals surface area contributed by atoms with Crippen LogP contribution < -0.4 is 5.32 Å². The third-order valence-electron chi connectivity index (χ3n) is 4.79. The first-order valence-corrected chi connectivity index (χ1v) is 9.52. The Morgan fingerprint density at radius 2 is 1.71 bits per heavy atom. The molecule has 0 radical (unpaired) electrons. The molecule has 0 spiro atoms. The zero-order valence-corrected chi connectivity index (χ0v) is 16.0. The zero-order valence-electron chi connectivity index (χ0n) is 15.2. The molecule has 3 aromatic rings. The fraction of sp³-hybridized carbons (Fsp3) is 0.238. The van der Waals surface area contributed by atoms with Gasteiger partial charge in [0, 0.05) is 42.3 Å². The van der Waals surface area contributed by atoms with Gasteiger partial charge in [0.1, 0.15) is 5.58 Å². The van der Waals surface area contributed by atoms with Crippen LogP contribution in [0, 0.1) is 0 Å². The highest BCUT2D eigenvalue weighted by molar-refractivity contribution is 6.30. The lowest BCUT2D eigenvalue weighted by molar-refractivity contribution is -0.117. The van der Waals surface area contributed by atoms with Crippen molar-refractivity contribution in [2.75, 3.05) is 38.0 Å². The van der Waals surface area contributed by atoms with Crippen molar-refractivity contribution in [3.8, 4) is 0 Å². The van der Waals surface area contributed by atoms with Gasteiger partial charge < -0.3 is 14.6 Å². The van der Waals surface area contributed by atoms with Crippen LogP contribution in [0.5, 0.6) is 0 Å². The van der Waals surface area contributed by atoms with Gasteiger partial charge in [-0.1, -0.05) is 29.8 Å². The summed E-state index contributed by atoms with van der Waals surface area (Å²) in [5.41, 5.74) is 1.43. The first kappa shape index (κ1) is 18.5. The molecule has 1 aliphatic rings. The van der Waals surface area contributed by atoms with E-state index in [9.17, 15) is 9.59 Å². The molecule has 0 saturated carbocycles. The summed E-state index contributed by atoms with van der Waals surface area (Å²) in [5.74, 6) is 0.163. The summed E-state index contributed by atoms with van der Waals surface area (Å²) >= 11 is 5.85. The fourth-order valence-electron chi connectivity index (χ4n) is 3.29. The van der Waals surface area contributed by atoms with Crippen LogP contribution in [0.4, 0.5) is 5.69 Å². The minimum atomic E-state index is -0.110. The summed E-state index contributed by atoms with van der Waals surface area (Å²) in [6.07, 6.45) is 0. The molecule has 6 nitrogen and oxygen atoms in total. The molecule has 1 saturated heterocycles.